The van der Waals surface area contributed by atoms with Gasteiger partial charge in [-0.05, 0) is 19.8 Å². The summed E-state index contributed by atoms with van der Waals surface area (Å²) >= 11 is 0. The Kier molecular flexibility index (Phi) is 7.77. The van der Waals surface area contributed by atoms with Gasteiger partial charge in [-0.1, -0.05) is 0 Å². The van der Waals surface area contributed by atoms with E-state index in [9.17, 15) is 0 Å². The second-order valence-corrected chi connectivity index (χ2v) is 4.80. The minimum atomic E-state index is 0.108. The van der Waals surface area contributed by atoms with Gasteiger partial charge in [0.1, 0.15) is 0 Å². The van der Waals surface area contributed by atoms with Crippen LogP contribution in [-0.2, 0) is 18.9 Å². The number of hydrogen-bond donors (Lipinski definition) is 1. The van der Waals surface area contributed by atoms with E-state index in [-0.39, 0.29) is 11.5 Å². The standard InChI is InChI=1S/C13H27NO4/c1-12-13(11-14,4-6-18-12)3-5-16-9-10-17-8-7-15-2/h12H,3-11,14H2,1-2H3. The van der Waals surface area contributed by atoms with E-state index < -0.39 is 0 Å². The van der Waals surface area contributed by atoms with Crippen molar-refractivity contribution in [1.29, 1.82) is 0 Å². The first-order chi connectivity index (χ1) is 8.75. The van der Waals surface area contributed by atoms with Gasteiger partial charge in [0.15, 0.2) is 0 Å². The van der Waals surface area contributed by atoms with Crippen molar-refractivity contribution in [3.8, 4) is 0 Å². The summed E-state index contributed by atoms with van der Waals surface area (Å²) in [5, 5.41) is 0. The van der Waals surface area contributed by atoms with E-state index in [1.54, 1.807) is 7.11 Å². The topological polar surface area (TPSA) is 62.9 Å². The fourth-order valence-electron chi connectivity index (χ4n) is 2.26. The first-order valence-corrected chi connectivity index (χ1v) is 6.71. The molecule has 0 aromatic heterocycles. The van der Waals surface area contributed by atoms with Gasteiger partial charge in [-0.25, -0.2) is 0 Å². The van der Waals surface area contributed by atoms with Crippen molar-refractivity contribution < 1.29 is 18.9 Å². The van der Waals surface area contributed by atoms with Gasteiger partial charge in [0, 0.05) is 32.3 Å². The number of rotatable bonds is 10. The number of nitrogens with two attached hydrogens (primary N) is 1. The molecule has 0 saturated carbocycles. The van der Waals surface area contributed by atoms with Crippen LogP contribution in [-0.4, -0.2) is 59.4 Å². The van der Waals surface area contributed by atoms with Crippen LogP contribution in [0.25, 0.3) is 0 Å². The Morgan fingerprint density at radius 1 is 1.17 bits per heavy atom. The van der Waals surface area contributed by atoms with E-state index in [0.29, 0.717) is 33.0 Å². The first-order valence-electron chi connectivity index (χ1n) is 6.71. The molecule has 18 heavy (non-hydrogen) atoms. The van der Waals surface area contributed by atoms with E-state index in [1.165, 1.54) is 0 Å². The van der Waals surface area contributed by atoms with E-state index in [2.05, 4.69) is 6.92 Å². The lowest BCUT2D eigenvalue weighted by molar-refractivity contribution is 0.00630. The summed E-state index contributed by atoms with van der Waals surface area (Å²) in [5.41, 5.74) is 5.99. The quantitative estimate of drug-likeness (QED) is 0.590. The van der Waals surface area contributed by atoms with Gasteiger partial charge in [0.2, 0.25) is 0 Å². The van der Waals surface area contributed by atoms with Crippen LogP contribution in [0.15, 0.2) is 0 Å². The Morgan fingerprint density at radius 3 is 2.39 bits per heavy atom. The molecule has 1 rings (SSSR count). The van der Waals surface area contributed by atoms with Crippen molar-refractivity contribution in [2.75, 3.05) is 53.3 Å². The maximum Gasteiger partial charge on any atom is 0.0701 e. The highest BCUT2D eigenvalue weighted by molar-refractivity contribution is 4.90. The third-order valence-corrected chi connectivity index (χ3v) is 3.78. The molecule has 1 heterocycles. The monoisotopic (exact) mass is 261 g/mol. The fourth-order valence-corrected chi connectivity index (χ4v) is 2.26. The van der Waals surface area contributed by atoms with Crippen molar-refractivity contribution in [3.05, 3.63) is 0 Å². The van der Waals surface area contributed by atoms with E-state index in [1.807, 2.05) is 0 Å². The predicted molar refractivity (Wildman–Crippen MR) is 69.6 cm³/mol. The molecule has 0 amide bonds. The Bertz CT molecular complexity index is 215. The van der Waals surface area contributed by atoms with Crippen LogP contribution >= 0.6 is 0 Å². The van der Waals surface area contributed by atoms with Crippen molar-refractivity contribution in [2.45, 2.75) is 25.9 Å². The minimum absolute atomic E-state index is 0.108. The summed E-state index contributed by atoms with van der Waals surface area (Å²) in [6.45, 7) is 6.81. The normalized spacial score (nSPS) is 27.8. The summed E-state index contributed by atoms with van der Waals surface area (Å²) in [4.78, 5) is 0. The van der Waals surface area contributed by atoms with Gasteiger partial charge in [-0.15, -0.1) is 0 Å². The molecule has 108 valence electrons. The molecule has 0 aliphatic carbocycles. The van der Waals surface area contributed by atoms with Gasteiger partial charge >= 0.3 is 0 Å². The zero-order valence-electron chi connectivity index (χ0n) is 11.7. The molecule has 0 radical (unpaired) electrons. The Labute approximate surface area is 110 Å². The maximum atomic E-state index is 5.88. The smallest absolute Gasteiger partial charge is 0.0701 e. The van der Waals surface area contributed by atoms with Crippen LogP contribution in [0.3, 0.4) is 0 Å². The molecule has 2 N–H and O–H groups in total. The second-order valence-electron chi connectivity index (χ2n) is 4.80. The highest BCUT2D eigenvalue weighted by Gasteiger charge is 2.39. The highest BCUT2D eigenvalue weighted by Crippen LogP contribution is 2.37. The molecular formula is C13H27NO4. The van der Waals surface area contributed by atoms with Crippen molar-refractivity contribution in [1.82, 2.24) is 0 Å². The van der Waals surface area contributed by atoms with E-state index in [4.69, 9.17) is 24.7 Å². The SMILES string of the molecule is COCCOCCOCCC1(CN)CCOC1C. The number of hydrogen-bond acceptors (Lipinski definition) is 5. The molecule has 1 saturated heterocycles. The molecule has 0 aromatic carbocycles. The van der Waals surface area contributed by atoms with Gasteiger partial charge in [-0.3, -0.25) is 0 Å². The maximum absolute atomic E-state index is 5.88. The van der Waals surface area contributed by atoms with Gasteiger partial charge < -0.3 is 24.7 Å². The van der Waals surface area contributed by atoms with Crippen LogP contribution < -0.4 is 5.73 Å². The molecule has 0 spiro atoms. The summed E-state index contributed by atoms with van der Waals surface area (Å²) in [6.07, 6.45) is 2.24. The first kappa shape index (κ1) is 15.9. The van der Waals surface area contributed by atoms with Crippen molar-refractivity contribution in [3.63, 3.8) is 0 Å². The average molecular weight is 261 g/mol. The third-order valence-electron chi connectivity index (χ3n) is 3.78. The molecule has 5 heteroatoms. The fraction of sp³-hybridized carbons (Fsp3) is 1.00. The molecule has 2 unspecified atom stereocenters. The summed E-state index contributed by atoms with van der Waals surface area (Å²) in [5.74, 6) is 0. The van der Waals surface area contributed by atoms with E-state index >= 15 is 0 Å². The molecule has 1 aliphatic rings. The molecule has 5 nitrogen and oxygen atoms in total. The summed E-state index contributed by atoms with van der Waals surface area (Å²) < 4.78 is 21.4. The van der Waals surface area contributed by atoms with Crippen molar-refractivity contribution in [2.24, 2.45) is 11.1 Å². The largest absolute Gasteiger partial charge is 0.382 e. The lowest BCUT2D eigenvalue weighted by atomic mass is 9.79. The average Bonchev–Trinajstić information content (AvgIpc) is 2.75. The zero-order valence-corrected chi connectivity index (χ0v) is 11.7. The third kappa shape index (κ3) is 4.82. The Balaban J connectivity index is 2.03. The van der Waals surface area contributed by atoms with Crippen LogP contribution in [0, 0.1) is 5.41 Å². The van der Waals surface area contributed by atoms with Gasteiger partial charge in [0.05, 0.1) is 32.5 Å². The van der Waals surface area contributed by atoms with Crippen LogP contribution in [0.1, 0.15) is 19.8 Å². The van der Waals surface area contributed by atoms with Crippen molar-refractivity contribution >= 4 is 0 Å². The molecule has 0 bridgehead atoms. The predicted octanol–water partition coefficient (Wildman–Crippen LogP) is 0.810. The molecule has 0 aromatic rings. The summed E-state index contributed by atoms with van der Waals surface area (Å²) in [7, 11) is 1.66. The van der Waals surface area contributed by atoms with E-state index in [0.717, 1.165) is 26.1 Å². The van der Waals surface area contributed by atoms with Crippen LogP contribution in [0.5, 0.6) is 0 Å². The van der Waals surface area contributed by atoms with Crippen LogP contribution in [0.2, 0.25) is 0 Å². The summed E-state index contributed by atoms with van der Waals surface area (Å²) in [6, 6.07) is 0. The lowest BCUT2D eigenvalue weighted by Gasteiger charge is -2.30. The van der Waals surface area contributed by atoms with Gasteiger partial charge in [0.25, 0.3) is 0 Å². The number of methoxy groups -OCH3 is 1. The molecule has 1 fully saturated rings. The molecular weight excluding hydrogens is 234 g/mol. The van der Waals surface area contributed by atoms with Gasteiger partial charge in [-0.2, -0.15) is 0 Å². The van der Waals surface area contributed by atoms with Crippen LogP contribution in [0.4, 0.5) is 0 Å². The molecule has 2 atom stereocenters. The Morgan fingerprint density at radius 2 is 1.83 bits per heavy atom. The lowest BCUT2D eigenvalue weighted by Crippen LogP contribution is -2.37. The Hall–Kier alpha value is -0.200. The highest BCUT2D eigenvalue weighted by atomic mass is 16.5. The second kappa shape index (κ2) is 8.82. The zero-order chi connectivity index (χ0) is 13.3. The number of ether oxygens (including phenoxy) is 4. The minimum Gasteiger partial charge on any atom is -0.382 e. The molecule has 1 aliphatic heterocycles.